The van der Waals surface area contributed by atoms with Gasteiger partial charge < -0.3 is 19.3 Å². The van der Waals surface area contributed by atoms with Gasteiger partial charge in [0, 0.05) is 55.9 Å². The molecule has 1 aliphatic heterocycles. The van der Waals surface area contributed by atoms with Gasteiger partial charge in [0.05, 0.1) is 30.0 Å². The summed E-state index contributed by atoms with van der Waals surface area (Å²) < 4.78 is 12.9. The highest BCUT2D eigenvalue weighted by Crippen LogP contribution is 2.33. The smallest absolute Gasteiger partial charge is 0.212 e. The van der Waals surface area contributed by atoms with Gasteiger partial charge >= 0.3 is 0 Å². The predicted molar refractivity (Wildman–Crippen MR) is 132 cm³/mol. The minimum atomic E-state index is 0.567. The topological polar surface area (TPSA) is 55.1 Å². The van der Waals surface area contributed by atoms with E-state index in [1.165, 1.54) is 0 Å². The van der Waals surface area contributed by atoms with Crippen LogP contribution in [0, 0.1) is 0 Å². The number of halogens is 2. The van der Waals surface area contributed by atoms with E-state index >= 15 is 0 Å². The average Bonchev–Trinajstić information content (AvgIpc) is 3.33. The highest BCUT2D eigenvalue weighted by molar-refractivity contribution is 6.42. The molecule has 7 nitrogen and oxygen atoms in total. The standard InChI is InChI=1S/C24H23Cl2N5O2/c1-32-21-6-3-16(13-22(21)33-2)20-15-23-27-7-8-31(23)24(28-20)30-11-9-29(10-12-30)17-4-5-18(25)19(26)14-17/h3-8,13-15H,9-12H2,1-2H3. The van der Waals surface area contributed by atoms with Gasteiger partial charge in [-0.2, -0.15) is 0 Å². The fourth-order valence-corrected chi connectivity index (χ4v) is 4.41. The highest BCUT2D eigenvalue weighted by Gasteiger charge is 2.22. The Bertz CT molecular complexity index is 1300. The van der Waals surface area contributed by atoms with Crippen molar-refractivity contribution in [3.05, 3.63) is 64.9 Å². The fourth-order valence-electron chi connectivity index (χ4n) is 4.12. The van der Waals surface area contributed by atoms with Crippen LogP contribution in [-0.2, 0) is 0 Å². The summed E-state index contributed by atoms with van der Waals surface area (Å²) in [5.41, 5.74) is 3.69. The number of ether oxygens (including phenoxy) is 2. The first-order chi connectivity index (χ1) is 16.1. The van der Waals surface area contributed by atoms with Crippen LogP contribution in [0.15, 0.2) is 54.9 Å². The third-order valence-electron chi connectivity index (χ3n) is 5.88. The number of imidazole rings is 1. The van der Waals surface area contributed by atoms with Crippen LogP contribution in [0.25, 0.3) is 16.9 Å². The van der Waals surface area contributed by atoms with Crippen molar-refractivity contribution in [1.82, 2.24) is 14.4 Å². The molecule has 0 amide bonds. The molecule has 33 heavy (non-hydrogen) atoms. The van der Waals surface area contributed by atoms with E-state index in [9.17, 15) is 0 Å². The van der Waals surface area contributed by atoms with Gasteiger partial charge in [0.2, 0.25) is 5.95 Å². The lowest BCUT2D eigenvalue weighted by Crippen LogP contribution is -2.47. The Labute approximate surface area is 202 Å². The van der Waals surface area contributed by atoms with Crippen molar-refractivity contribution in [1.29, 1.82) is 0 Å². The summed E-state index contributed by atoms with van der Waals surface area (Å²) >= 11 is 12.3. The zero-order valence-corrected chi connectivity index (χ0v) is 19.8. The molecule has 170 valence electrons. The van der Waals surface area contributed by atoms with Crippen molar-refractivity contribution in [3.8, 4) is 22.8 Å². The number of nitrogens with zero attached hydrogens (tertiary/aromatic N) is 5. The first kappa shape index (κ1) is 21.7. The normalized spacial score (nSPS) is 14.1. The summed E-state index contributed by atoms with van der Waals surface area (Å²) in [7, 11) is 3.26. The van der Waals surface area contributed by atoms with Crippen molar-refractivity contribution in [3.63, 3.8) is 0 Å². The van der Waals surface area contributed by atoms with Crippen LogP contribution in [0.4, 0.5) is 11.6 Å². The minimum Gasteiger partial charge on any atom is -0.493 e. The van der Waals surface area contributed by atoms with E-state index < -0.39 is 0 Å². The fraction of sp³-hybridized carbons (Fsp3) is 0.250. The van der Waals surface area contributed by atoms with Crippen molar-refractivity contribution in [2.75, 3.05) is 50.2 Å². The zero-order valence-electron chi connectivity index (χ0n) is 18.3. The summed E-state index contributed by atoms with van der Waals surface area (Å²) in [6.45, 7) is 3.32. The van der Waals surface area contributed by atoms with Crippen LogP contribution < -0.4 is 19.3 Å². The van der Waals surface area contributed by atoms with Crippen LogP contribution in [0.1, 0.15) is 0 Å². The van der Waals surface area contributed by atoms with E-state index in [1.807, 2.05) is 53.1 Å². The van der Waals surface area contributed by atoms with Gasteiger partial charge in [-0.05, 0) is 36.4 Å². The maximum Gasteiger partial charge on any atom is 0.212 e. The molecular weight excluding hydrogens is 461 g/mol. The first-order valence-corrected chi connectivity index (χ1v) is 11.3. The number of anilines is 2. The number of rotatable bonds is 5. The molecule has 5 rings (SSSR count). The summed E-state index contributed by atoms with van der Waals surface area (Å²) in [6, 6.07) is 13.6. The van der Waals surface area contributed by atoms with Gasteiger partial charge in [0.15, 0.2) is 11.5 Å². The van der Waals surface area contributed by atoms with Crippen molar-refractivity contribution in [2.45, 2.75) is 0 Å². The number of hydrogen-bond donors (Lipinski definition) is 0. The van der Waals surface area contributed by atoms with E-state index in [0.717, 1.165) is 54.7 Å². The molecule has 0 saturated carbocycles. The maximum atomic E-state index is 6.22. The minimum absolute atomic E-state index is 0.567. The van der Waals surface area contributed by atoms with Gasteiger partial charge in [-0.15, -0.1) is 0 Å². The molecule has 9 heteroatoms. The van der Waals surface area contributed by atoms with Gasteiger partial charge in [0.1, 0.15) is 5.65 Å². The second-order valence-corrected chi connectivity index (χ2v) is 8.55. The predicted octanol–water partition coefficient (Wildman–Crippen LogP) is 5.05. The largest absolute Gasteiger partial charge is 0.493 e. The lowest BCUT2D eigenvalue weighted by molar-refractivity contribution is 0.355. The molecule has 0 N–H and O–H groups in total. The summed E-state index contributed by atoms with van der Waals surface area (Å²) in [4.78, 5) is 14.1. The van der Waals surface area contributed by atoms with Gasteiger partial charge in [-0.1, -0.05) is 23.2 Å². The van der Waals surface area contributed by atoms with Crippen molar-refractivity contribution >= 4 is 40.5 Å². The molecule has 2 aromatic heterocycles. The Morgan fingerprint density at radius 1 is 0.818 bits per heavy atom. The van der Waals surface area contributed by atoms with E-state index in [4.69, 9.17) is 37.7 Å². The number of aromatic nitrogens is 3. The summed E-state index contributed by atoms with van der Waals surface area (Å²) in [5, 5.41) is 1.14. The van der Waals surface area contributed by atoms with Gasteiger partial charge in [-0.3, -0.25) is 4.40 Å². The SMILES string of the molecule is COc1ccc(-c2cc3nccn3c(N3CCN(c4ccc(Cl)c(Cl)c4)CC3)n2)cc1OC. The number of piperazine rings is 1. The number of methoxy groups -OCH3 is 2. The van der Waals surface area contributed by atoms with E-state index in [-0.39, 0.29) is 0 Å². The van der Waals surface area contributed by atoms with Gasteiger partial charge in [0.25, 0.3) is 0 Å². The van der Waals surface area contributed by atoms with E-state index in [0.29, 0.717) is 21.5 Å². The number of benzene rings is 2. The Hall–Kier alpha value is -3.16. The molecule has 0 spiro atoms. The quantitative estimate of drug-likeness (QED) is 0.396. The molecule has 1 saturated heterocycles. The maximum absolute atomic E-state index is 6.22. The molecule has 0 radical (unpaired) electrons. The average molecular weight is 484 g/mol. The van der Waals surface area contributed by atoms with Crippen LogP contribution >= 0.6 is 23.2 Å². The van der Waals surface area contributed by atoms with E-state index in [1.54, 1.807) is 20.4 Å². The monoisotopic (exact) mass is 483 g/mol. The number of hydrogen-bond acceptors (Lipinski definition) is 6. The van der Waals surface area contributed by atoms with Crippen LogP contribution in [0.5, 0.6) is 11.5 Å². The third kappa shape index (κ3) is 4.14. The molecule has 0 bridgehead atoms. The molecule has 1 aliphatic rings. The Morgan fingerprint density at radius 2 is 1.58 bits per heavy atom. The van der Waals surface area contributed by atoms with Gasteiger partial charge in [-0.25, -0.2) is 9.97 Å². The lowest BCUT2D eigenvalue weighted by Gasteiger charge is -2.37. The number of fused-ring (bicyclic) bond motifs is 1. The molecule has 1 fully saturated rings. The second-order valence-electron chi connectivity index (χ2n) is 7.74. The highest BCUT2D eigenvalue weighted by atomic mass is 35.5. The molecule has 3 heterocycles. The molecule has 0 unspecified atom stereocenters. The lowest BCUT2D eigenvalue weighted by atomic mass is 10.1. The summed E-state index contributed by atoms with van der Waals surface area (Å²) in [6.07, 6.45) is 3.74. The Balaban J connectivity index is 1.44. The van der Waals surface area contributed by atoms with Crippen molar-refractivity contribution < 1.29 is 9.47 Å². The van der Waals surface area contributed by atoms with Crippen molar-refractivity contribution in [2.24, 2.45) is 0 Å². The van der Waals surface area contributed by atoms with Crippen LogP contribution in [-0.4, -0.2) is 54.8 Å². The molecule has 0 aliphatic carbocycles. The molecule has 4 aromatic rings. The molecule has 2 aromatic carbocycles. The zero-order chi connectivity index (χ0) is 22.9. The first-order valence-electron chi connectivity index (χ1n) is 10.6. The molecule has 0 atom stereocenters. The Kier molecular flexibility index (Phi) is 5.91. The van der Waals surface area contributed by atoms with Crippen LogP contribution in [0.3, 0.4) is 0 Å². The Morgan fingerprint density at radius 3 is 2.30 bits per heavy atom. The second kappa shape index (κ2) is 9.00. The summed E-state index contributed by atoms with van der Waals surface area (Å²) in [5.74, 6) is 2.21. The molecular formula is C24H23Cl2N5O2. The van der Waals surface area contributed by atoms with E-state index in [2.05, 4.69) is 14.8 Å². The van der Waals surface area contributed by atoms with Crippen LogP contribution in [0.2, 0.25) is 10.0 Å². The third-order valence-corrected chi connectivity index (χ3v) is 6.62.